The Balaban J connectivity index is 1.68. The molecule has 2 atom stereocenters. The van der Waals surface area contributed by atoms with Crippen LogP contribution in [-0.2, 0) is 6.42 Å². The van der Waals surface area contributed by atoms with Gasteiger partial charge in [0.25, 0.3) is 0 Å². The first-order valence-electron chi connectivity index (χ1n) is 7.25. The van der Waals surface area contributed by atoms with E-state index in [2.05, 4.69) is 17.1 Å². The molecule has 0 radical (unpaired) electrons. The van der Waals surface area contributed by atoms with Gasteiger partial charge in [0.15, 0.2) is 5.82 Å². The highest BCUT2D eigenvalue weighted by Crippen LogP contribution is 2.46. The number of hydrogen-bond donors (Lipinski definition) is 1. The average Bonchev–Trinajstić information content (AvgIpc) is 2.95. The fraction of sp³-hybridized carbons (Fsp3) is 0.857. The molecule has 0 amide bonds. The topological polar surface area (TPSA) is 64.9 Å². The third-order valence-electron chi connectivity index (χ3n) is 4.80. The van der Waals surface area contributed by atoms with E-state index < -0.39 is 0 Å². The van der Waals surface area contributed by atoms with Crippen molar-refractivity contribution in [1.29, 1.82) is 0 Å². The van der Waals surface area contributed by atoms with E-state index in [1.807, 2.05) is 0 Å². The molecule has 4 nitrogen and oxygen atoms in total. The van der Waals surface area contributed by atoms with E-state index in [1.165, 1.54) is 38.5 Å². The van der Waals surface area contributed by atoms with Crippen molar-refractivity contribution in [2.45, 2.75) is 57.8 Å². The average molecular weight is 249 g/mol. The molecule has 0 saturated heterocycles. The highest BCUT2D eigenvalue weighted by Gasteiger charge is 2.39. The number of rotatable bonds is 4. The van der Waals surface area contributed by atoms with Crippen LogP contribution in [0.5, 0.6) is 0 Å². The smallest absolute Gasteiger partial charge is 0.227 e. The third-order valence-corrected chi connectivity index (χ3v) is 4.80. The van der Waals surface area contributed by atoms with Gasteiger partial charge in [-0.25, -0.2) is 0 Å². The summed E-state index contributed by atoms with van der Waals surface area (Å²) in [5.74, 6) is 2.99. The molecule has 2 aliphatic carbocycles. The Hall–Kier alpha value is -0.900. The zero-order valence-corrected chi connectivity index (χ0v) is 11.2. The van der Waals surface area contributed by atoms with Crippen LogP contribution in [0.2, 0.25) is 0 Å². The summed E-state index contributed by atoms with van der Waals surface area (Å²) in [5, 5.41) is 4.13. The van der Waals surface area contributed by atoms with E-state index in [4.69, 9.17) is 10.3 Å². The number of aromatic nitrogens is 2. The van der Waals surface area contributed by atoms with E-state index in [-0.39, 0.29) is 5.41 Å². The summed E-state index contributed by atoms with van der Waals surface area (Å²) in [6.45, 7) is 2.98. The molecule has 2 fully saturated rings. The first kappa shape index (κ1) is 12.2. The molecule has 1 aromatic heterocycles. The van der Waals surface area contributed by atoms with Gasteiger partial charge >= 0.3 is 0 Å². The van der Waals surface area contributed by atoms with Gasteiger partial charge in [0.05, 0.1) is 0 Å². The zero-order valence-electron chi connectivity index (χ0n) is 11.2. The van der Waals surface area contributed by atoms with Crippen LogP contribution in [0.3, 0.4) is 0 Å². The molecule has 1 aromatic rings. The largest absolute Gasteiger partial charge is 0.339 e. The Morgan fingerprint density at radius 3 is 2.67 bits per heavy atom. The second-order valence-corrected chi connectivity index (χ2v) is 6.31. The molecule has 0 spiro atoms. The van der Waals surface area contributed by atoms with Crippen LogP contribution < -0.4 is 5.73 Å². The zero-order chi connectivity index (χ0) is 12.6. The van der Waals surface area contributed by atoms with Gasteiger partial charge < -0.3 is 10.3 Å². The maximum Gasteiger partial charge on any atom is 0.227 e. The monoisotopic (exact) mass is 249 g/mol. The molecule has 2 aliphatic rings. The van der Waals surface area contributed by atoms with Crippen LogP contribution in [0.15, 0.2) is 4.52 Å². The summed E-state index contributed by atoms with van der Waals surface area (Å²) in [7, 11) is 0. The summed E-state index contributed by atoms with van der Waals surface area (Å²) >= 11 is 0. The Labute approximate surface area is 108 Å². The van der Waals surface area contributed by atoms with Crippen molar-refractivity contribution in [2.24, 2.45) is 17.1 Å². The van der Waals surface area contributed by atoms with Gasteiger partial charge in [-0.1, -0.05) is 31.3 Å². The Morgan fingerprint density at radius 1 is 1.33 bits per heavy atom. The van der Waals surface area contributed by atoms with Gasteiger partial charge in [-0.15, -0.1) is 0 Å². The summed E-state index contributed by atoms with van der Waals surface area (Å²) in [6.07, 6.45) is 8.42. The molecule has 4 heteroatoms. The minimum atomic E-state index is 0.219. The number of hydrogen-bond acceptors (Lipinski definition) is 4. The highest BCUT2D eigenvalue weighted by atomic mass is 16.5. The quantitative estimate of drug-likeness (QED) is 0.891. The summed E-state index contributed by atoms with van der Waals surface area (Å²) in [5.41, 5.74) is 6.22. The molecule has 2 N–H and O–H groups in total. The van der Waals surface area contributed by atoms with Gasteiger partial charge in [-0.2, -0.15) is 4.98 Å². The summed E-state index contributed by atoms with van der Waals surface area (Å²) in [6, 6.07) is 0. The lowest BCUT2D eigenvalue weighted by Crippen LogP contribution is -2.35. The van der Waals surface area contributed by atoms with Crippen LogP contribution in [0.25, 0.3) is 0 Å². The standard InChI is InChI=1S/C14H23N3O/c1-10-7-11(10)13-16-12(18-17-13)8-14(9-15)5-3-2-4-6-14/h10-11H,2-9,15H2,1H3. The van der Waals surface area contributed by atoms with Crippen LogP contribution in [0, 0.1) is 11.3 Å². The van der Waals surface area contributed by atoms with E-state index in [0.717, 1.165) is 30.6 Å². The van der Waals surface area contributed by atoms with Crippen molar-refractivity contribution in [3.8, 4) is 0 Å². The van der Waals surface area contributed by atoms with E-state index >= 15 is 0 Å². The molecular formula is C14H23N3O. The number of nitrogens with two attached hydrogens (primary N) is 1. The van der Waals surface area contributed by atoms with Gasteiger partial charge in [0.2, 0.25) is 5.89 Å². The van der Waals surface area contributed by atoms with Gasteiger partial charge in [0, 0.05) is 12.3 Å². The van der Waals surface area contributed by atoms with Crippen molar-refractivity contribution < 1.29 is 4.52 Å². The second kappa shape index (κ2) is 4.65. The van der Waals surface area contributed by atoms with Crippen LogP contribution in [0.1, 0.15) is 63.1 Å². The number of nitrogens with zero attached hydrogens (tertiary/aromatic N) is 2. The lowest BCUT2D eigenvalue weighted by Gasteiger charge is -2.34. The molecule has 0 bridgehead atoms. The molecule has 2 saturated carbocycles. The first-order valence-corrected chi connectivity index (χ1v) is 7.25. The molecular weight excluding hydrogens is 226 g/mol. The maximum atomic E-state index is 6.00. The molecule has 100 valence electrons. The van der Waals surface area contributed by atoms with Gasteiger partial charge in [-0.05, 0) is 37.1 Å². The normalized spacial score (nSPS) is 30.3. The predicted octanol–water partition coefficient (Wildman–Crippen LogP) is 2.64. The van der Waals surface area contributed by atoms with Crippen molar-refractivity contribution >= 4 is 0 Å². The van der Waals surface area contributed by atoms with Gasteiger partial charge in [-0.3, -0.25) is 0 Å². The van der Waals surface area contributed by atoms with E-state index in [1.54, 1.807) is 0 Å². The van der Waals surface area contributed by atoms with Crippen LogP contribution >= 0.6 is 0 Å². The third kappa shape index (κ3) is 2.30. The maximum absolute atomic E-state index is 6.00. The Kier molecular flexibility index (Phi) is 3.14. The second-order valence-electron chi connectivity index (χ2n) is 6.31. The molecule has 1 heterocycles. The Bertz CT molecular complexity index is 409. The molecule has 0 aromatic carbocycles. The van der Waals surface area contributed by atoms with Crippen molar-refractivity contribution in [3.05, 3.63) is 11.7 Å². The lowest BCUT2D eigenvalue weighted by molar-refractivity contribution is 0.177. The molecule has 3 rings (SSSR count). The van der Waals surface area contributed by atoms with Crippen molar-refractivity contribution in [1.82, 2.24) is 10.1 Å². The van der Waals surface area contributed by atoms with Crippen LogP contribution in [-0.4, -0.2) is 16.7 Å². The fourth-order valence-corrected chi connectivity index (χ4v) is 3.25. The Morgan fingerprint density at radius 2 is 2.06 bits per heavy atom. The molecule has 2 unspecified atom stereocenters. The van der Waals surface area contributed by atoms with Gasteiger partial charge in [0.1, 0.15) is 0 Å². The first-order chi connectivity index (χ1) is 8.72. The lowest BCUT2D eigenvalue weighted by atomic mass is 9.72. The highest BCUT2D eigenvalue weighted by molar-refractivity contribution is 5.08. The summed E-state index contributed by atoms with van der Waals surface area (Å²) < 4.78 is 5.43. The van der Waals surface area contributed by atoms with Crippen molar-refractivity contribution in [3.63, 3.8) is 0 Å². The van der Waals surface area contributed by atoms with E-state index in [0.29, 0.717) is 5.92 Å². The van der Waals surface area contributed by atoms with Crippen molar-refractivity contribution in [2.75, 3.05) is 6.54 Å². The molecule has 18 heavy (non-hydrogen) atoms. The fourth-order valence-electron chi connectivity index (χ4n) is 3.25. The minimum absolute atomic E-state index is 0.219. The predicted molar refractivity (Wildman–Crippen MR) is 69.1 cm³/mol. The minimum Gasteiger partial charge on any atom is -0.339 e. The molecule has 0 aliphatic heterocycles. The SMILES string of the molecule is CC1CC1c1noc(CC2(CN)CCCCC2)n1. The van der Waals surface area contributed by atoms with Crippen LogP contribution in [0.4, 0.5) is 0 Å². The summed E-state index contributed by atoms with van der Waals surface area (Å²) in [4.78, 5) is 4.58. The van der Waals surface area contributed by atoms with E-state index in [9.17, 15) is 0 Å².